The maximum absolute atomic E-state index is 12.9. The highest BCUT2D eigenvalue weighted by Crippen LogP contribution is 2.26. The molecule has 198 valence electrons. The van der Waals surface area contributed by atoms with E-state index in [9.17, 15) is 28.8 Å². The fraction of sp³-hybridized carbons (Fsp3) is 0.714. The van der Waals surface area contributed by atoms with Crippen molar-refractivity contribution in [2.75, 3.05) is 53.1 Å². The molecular formula is C21H34N3O10S+. The zero-order valence-corrected chi connectivity index (χ0v) is 21.4. The van der Waals surface area contributed by atoms with E-state index in [-0.39, 0.29) is 37.7 Å². The van der Waals surface area contributed by atoms with Gasteiger partial charge >= 0.3 is 18.1 Å². The smallest absolute Gasteiger partial charge is 0.481 e. The molecule has 1 saturated heterocycles. The first-order valence-corrected chi connectivity index (χ1v) is 11.9. The van der Waals surface area contributed by atoms with E-state index in [2.05, 4.69) is 10.6 Å². The van der Waals surface area contributed by atoms with Gasteiger partial charge in [0, 0.05) is 30.7 Å². The first-order valence-electron chi connectivity index (χ1n) is 10.9. The number of ether oxygens (including phenoxy) is 3. The largest absolute Gasteiger partial charge is 0.509 e. The van der Waals surface area contributed by atoms with Gasteiger partial charge in [-0.15, -0.1) is 0 Å². The molecular weight excluding hydrogens is 486 g/mol. The molecule has 35 heavy (non-hydrogen) atoms. The van der Waals surface area contributed by atoms with Crippen LogP contribution < -0.4 is 10.6 Å². The van der Waals surface area contributed by atoms with Crippen molar-refractivity contribution in [3.05, 3.63) is 0 Å². The normalized spacial score (nSPS) is 21.3. The van der Waals surface area contributed by atoms with Gasteiger partial charge in [-0.05, 0) is 0 Å². The third-order valence-electron chi connectivity index (χ3n) is 4.63. The first-order chi connectivity index (χ1) is 16.1. The lowest BCUT2D eigenvalue weighted by atomic mass is 9.86. The van der Waals surface area contributed by atoms with Gasteiger partial charge in [0.1, 0.15) is 13.2 Å². The van der Waals surface area contributed by atoms with Crippen molar-refractivity contribution in [2.45, 2.75) is 38.9 Å². The summed E-state index contributed by atoms with van der Waals surface area (Å²) in [4.78, 5) is 72.4. The molecule has 0 aromatic heterocycles. The van der Waals surface area contributed by atoms with Crippen molar-refractivity contribution in [3.8, 4) is 0 Å². The van der Waals surface area contributed by atoms with Gasteiger partial charge < -0.3 is 34.4 Å². The molecule has 14 heteroatoms. The number of cyclic esters (lactones) is 1. The number of likely N-dealkylation sites (N-methyl/N-ethyl adjacent to an activating group) is 1. The van der Waals surface area contributed by atoms with Crippen LogP contribution in [0.5, 0.6) is 0 Å². The molecule has 13 nitrogen and oxygen atoms in total. The maximum atomic E-state index is 12.9. The second-order valence-electron chi connectivity index (χ2n) is 9.65. The average Bonchev–Trinajstić information content (AvgIpc) is 2.70. The number of nitrogens with zero attached hydrogens (tertiary/aromatic N) is 1. The number of carbonyl (C=O) groups excluding carboxylic acids is 5. The number of esters is 1. The summed E-state index contributed by atoms with van der Waals surface area (Å²) in [6, 6.07) is 0. The molecule has 0 bridgehead atoms. The molecule has 1 fully saturated rings. The lowest BCUT2D eigenvalue weighted by molar-refractivity contribution is -0.873. The van der Waals surface area contributed by atoms with Crippen LogP contribution in [0.25, 0.3) is 0 Å². The van der Waals surface area contributed by atoms with Crippen molar-refractivity contribution in [1.29, 1.82) is 0 Å². The number of aliphatic carboxylic acids is 1. The summed E-state index contributed by atoms with van der Waals surface area (Å²) in [6.45, 7) is 2.74. The Bertz CT molecular complexity index is 825. The van der Waals surface area contributed by atoms with Crippen LogP contribution in [0, 0.1) is 5.41 Å². The molecule has 2 amide bonds. The number of hydrogen-bond acceptors (Lipinski definition) is 10. The molecule has 3 N–H and O–H groups in total. The topological polar surface area (TPSA) is 174 Å². The van der Waals surface area contributed by atoms with Gasteiger partial charge in [0.05, 0.1) is 27.6 Å². The zero-order chi connectivity index (χ0) is 26.8. The van der Waals surface area contributed by atoms with E-state index in [0.717, 1.165) is 0 Å². The molecule has 1 aliphatic rings. The molecule has 0 aromatic rings. The Labute approximate surface area is 207 Å². The molecule has 0 aromatic carbocycles. The van der Waals surface area contributed by atoms with Crippen molar-refractivity contribution >= 4 is 46.8 Å². The average molecular weight is 521 g/mol. The van der Waals surface area contributed by atoms with Gasteiger partial charge in [0.25, 0.3) is 11.0 Å². The van der Waals surface area contributed by atoms with Gasteiger partial charge in [-0.3, -0.25) is 19.2 Å². The number of carboxylic acids is 1. The summed E-state index contributed by atoms with van der Waals surface area (Å²) in [5.74, 6) is -3.33. The highest BCUT2D eigenvalue weighted by Gasteiger charge is 2.41. The summed E-state index contributed by atoms with van der Waals surface area (Å²) < 4.78 is 15.8. The van der Waals surface area contributed by atoms with Crippen LogP contribution in [-0.4, -0.2) is 110 Å². The van der Waals surface area contributed by atoms with Gasteiger partial charge in [-0.2, -0.15) is 0 Å². The van der Waals surface area contributed by atoms with Crippen LogP contribution in [0.4, 0.5) is 4.79 Å². The van der Waals surface area contributed by atoms with E-state index in [4.69, 9.17) is 19.3 Å². The molecule has 0 spiro atoms. The number of hydrogen-bond donors (Lipinski definition) is 3. The van der Waals surface area contributed by atoms with Crippen LogP contribution in [-0.2, 0) is 38.2 Å². The quantitative estimate of drug-likeness (QED) is 0.234. The number of amides is 2. The molecule has 0 radical (unpaired) electrons. The Balaban J connectivity index is 3.06. The molecule has 1 heterocycles. The first kappa shape index (κ1) is 30.2. The fourth-order valence-corrected chi connectivity index (χ4v) is 3.60. The van der Waals surface area contributed by atoms with E-state index < -0.39 is 59.8 Å². The minimum absolute atomic E-state index is 0.0648. The van der Waals surface area contributed by atoms with Crippen molar-refractivity contribution < 1.29 is 52.6 Å². The number of carbonyl (C=O) groups is 6. The van der Waals surface area contributed by atoms with Gasteiger partial charge in [0.2, 0.25) is 5.91 Å². The van der Waals surface area contributed by atoms with Crippen LogP contribution in [0.2, 0.25) is 0 Å². The fourth-order valence-electron chi connectivity index (χ4n) is 3.04. The van der Waals surface area contributed by atoms with Gasteiger partial charge in [-0.1, -0.05) is 25.6 Å². The highest BCUT2D eigenvalue weighted by molar-refractivity contribution is 8.15. The lowest BCUT2D eigenvalue weighted by Crippen LogP contribution is -2.50. The third kappa shape index (κ3) is 11.9. The van der Waals surface area contributed by atoms with Gasteiger partial charge in [-0.25, -0.2) is 9.59 Å². The summed E-state index contributed by atoms with van der Waals surface area (Å²) in [5, 5.41) is 13.3. The van der Waals surface area contributed by atoms with Crippen LogP contribution in [0.1, 0.15) is 26.7 Å². The summed E-state index contributed by atoms with van der Waals surface area (Å²) in [5.41, 5.74) is -1.31. The number of carboxylic acid groups (broad SMARTS) is 1. The van der Waals surface area contributed by atoms with E-state index in [1.807, 2.05) is 0 Å². The minimum atomic E-state index is -1.55. The SMILES string of the molecule is CC1(C)COC(=O)C(=O)SCCNC(=O)CCNC(=O)[C@@H]1OC(=O)O[C@H](CC(=O)O)C[N+](C)(C)C. The van der Waals surface area contributed by atoms with Crippen molar-refractivity contribution in [3.63, 3.8) is 0 Å². The molecule has 0 unspecified atom stereocenters. The Morgan fingerprint density at radius 1 is 1.17 bits per heavy atom. The Morgan fingerprint density at radius 2 is 1.83 bits per heavy atom. The monoisotopic (exact) mass is 520 g/mol. The summed E-state index contributed by atoms with van der Waals surface area (Å²) in [7, 11) is 5.35. The Morgan fingerprint density at radius 3 is 2.43 bits per heavy atom. The number of quaternary nitrogens is 1. The van der Waals surface area contributed by atoms with Crippen LogP contribution in [0.15, 0.2) is 0 Å². The Hall–Kier alpha value is -2.87. The predicted molar refractivity (Wildman–Crippen MR) is 123 cm³/mol. The van der Waals surface area contributed by atoms with Gasteiger partial charge in [0.15, 0.2) is 12.2 Å². The van der Waals surface area contributed by atoms with E-state index in [0.29, 0.717) is 16.2 Å². The minimum Gasteiger partial charge on any atom is -0.481 e. The summed E-state index contributed by atoms with van der Waals surface area (Å²) >= 11 is 0.681. The number of nitrogens with one attached hydrogen (secondary N) is 2. The zero-order valence-electron chi connectivity index (χ0n) is 20.6. The lowest BCUT2D eigenvalue weighted by Gasteiger charge is -2.32. The van der Waals surface area contributed by atoms with E-state index >= 15 is 0 Å². The molecule has 2 atom stereocenters. The van der Waals surface area contributed by atoms with E-state index in [1.54, 1.807) is 21.1 Å². The second kappa shape index (κ2) is 13.3. The molecule has 0 saturated carbocycles. The molecule has 1 aliphatic heterocycles. The standard InChI is InChI=1S/C21H33N3O10S/c1-21(2)12-32-18(29)19(30)35-9-8-22-14(25)6-7-23-17(28)16(21)34-20(31)33-13(10-15(26)27)11-24(3,4)5/h13,16H,6-12H2,1-5H3,(H2-,22,23,25,26,27,28)/p+1/t13-,16+/m1/s1. The number of thioether (sulfide) groups is 1. The van der Waals surface area contributed by atoms with Crippen molar-refractivity contribution in [1.82, 2.24) is 10.6 Å². The second-order valence-corrected chi connectivity index (χ2v) is 10.7. The van der Waals surface area contributed by atoms with Crippen LogP contribution in [0.3, 0.4) is 0 Å². The van der Waals surface area contributed by atoms with E-state index in [1.165, 1.54) is 13.8 Å². The Kier molecular flexibility index (Phi) is 11.4. The summed E-state index contributed by atoms with van der Waals surface area (Å²) in [6.07, 6.45) is -4.41. The van der Waals surface area contributed by atoms with Crippen LogP contribution >= 0.6 is 11.8 Å². The number of rotatable bonds is 6. The predicted octanol–water partition coefficient (Wildman–Crippen LogP) is -0.477. The molecule has 0 aliphatic carbocycles. The highest BCUT2D eigenvalue weighted by atomic mass is 32.2. The molecule has 1 rings (SSSR count). The van der Waals surface area contributed by atoms with Crippen molar-refractivity contribution in [2.24, 2.45) is 5.41 Å². The maximum Gasteiger partial charge on any atom is 0.509 e. The third-order valence-corrected chi connectivity index (χ3v) is 5.47.